The van der Waals surface area contributed by atoms with Gasteiger partial charge in [0, 0.05) is 53.2 Å². The number of nitrogens with one attached hydrogen (secondary N) is 2. The number of carboxylic acids is 1. The van der Waals surface area contributed by atoms with E-state index in [0.717, 1.165) is 34.4 Å². The number of aromatic hydroxyl groups is 1. The number of likely N-dealkylation sites (tertiary alicyclic amines) is 1. The molecule has 270 valence electrons. The lowest BCUT2D eigenvalue weighted by atomic mass is 10.0. The maximum Gasteiger partial charge on any atom is 0.290 e. The van der Waals surface area contributed by atoms with Crippen LogP contribution >= 0.6 is 58.3 Å². The van der Waals surface area contributed by atoms with Gasteiger partial charge in [0.1, 0.15) is 11.4 Å². The summed E-state index contributed by atoms with van der Waals surface area (Å²) >= 11 is 20.6. The number of rotatable bonds is 11. The topological polar surface area (TPSA) is 163 Å². The zero-order valence-corrected chi connectivity index (χ0v) is 30.6. The van der Waals surface area contributed by atoms with Crippen LogP contribution < -0.4 is 20.3 Å². The highest BCUT2D eigenvalue weighted by atomic mass is 35.5. The Morgan fingerprint density at radius 1 is 1.06 bits per heavy atom. The Morgan fingerprint density at radius 2 is 1.79 bits per heavy atom. The van der Waals surface area contributed by atoms with E-state index in [0.29, 0.717) is 28.5 Å². The summed E-state index contributed by atoms with van der Waals surface area (Å²) in [5.41, 5.74) is 1.31. The quantitative estimate of drug-likeness (QED) is 0.0660. The summed E-state index contributed by atoms with van der Waals surface area (Å²) in [6, 6.07) is 9.09. The summed E-state index contributed by atoms with van der Waals surface area (Å²) in [5, 5.41) is 27.0. The Labute approximate surface area is 319 Å². The fourth-order valence-electron chi connectivity index (χ4n) is 5.75. The molecule has 3 aromatic rings. The fraction of sp³-hybridized carbons (Fsp3) is 0.235. The minimum absolute atomic E-state index is 0.0614. The number of phenolic OH excluding ortho intramolecular Hbond substituents is 1. The van der Waals surface area contributed by atoms with Crippen LogP contribution in [0.2, 0.25) is 15.1 Å². The van der Waals surface area contributed by atoms with E-state index in [-0.39, 0.29) is 57.5 Å². The van der Waals surface area contributed by atoms with Crippen LogP contribution in [0.15, 0.2) is 82.7 Å². The first kappa shape index (κ1) is 37.5. The smallest absolute Gasteiger partial charge is 0.290 e. The molecule has 4 amide bonds. The van der Waals surface area contributed by atoms with Gasteiger partial charge in [-0.05, 0) is 47.9 Å². The molecule has 6 rings (SSSR count). The molecule has 3 aliphatic rings. The monoisotopic (exact) mass is 805 g/mol. The van der Waals surface area contributed by atoms with Crippen molar-refractivity contribution in [3.05, 3.63) is 104 Å². The first-order valence-electron chi connectivity index (χ1n) is 15.5. The standard InChI is InChI=1S/C34H27Cl3FN5O7S2/c35-21-11-23(37)26(12-22(21)36)51-16-28(46)40-29-32(48)43-30(34(49)50)19(15-52-33(29)43)9-18-5-8-42(31(18)47)13-17-3-6-41(7-4-17)14-27(45)39-20-1-2-25(44)24(38)10-20/h1-4,6-7,9-12,29,33H,5,8,13-16H2,(H3-,39,40,44,45,46,49,50)/b18-9+. The average Bonchev–Trinajstić information content (AvgIpc) is 3.44. The molecule has 0 aliphatic carbocycles. The van der Waals surface area contributed by atoms with Crippen molar-refractivity contribution in [3.63, 3.8) is 0 Å². The summed E-state index contributed by atoms with van der Waals surface area (Å²) < 4.78 is 15.2. The molecule has 12 nitrogen and oxygen atoms in total. The molecule has 4 heterocycles. The highest BCUT2D eigenvalue weighted by molar-refractivity contribution is 8.00. The van der Waals surface area contributed by atoms with Gasteiger partial charge >= 0.3 is 0 Å². The predicted molar refractivity (Wildman–Crippen MR) is 191 cm³/mol. The van der Waals surface area contributed by atoms with Crippen molar-refractivity contribution in [2.45, 2.75) is 35.8 Å². The number of carbonyl (C=O) groups is 5. The van der Waals surface area contributed by atoms with E-state index in [1.54, 1.807) is 34.0 Å². The molecule has 0 saturated carbocycles. The number of thioether (sulfide) groups is 2. The summed E-state index contributed by atoms with van der Waals surface area (Å²) in [6.45, 7) is 0.589. The number of aliphatic carboxylic acids is 1. The third kappa shape index (κ3) is 8.18. The lowest BCUT2D eigenvalue weighted by Crippen LogP contribution is -2.71. The van der Waals surface area contributed by atoms with Gasteiger partial charge < -0.3 is 30.5 Å². The number of hydrogen-bond donors (Lipinski definition) is 3. The molecular weight excluding hydrogens is 780 g/mol. The number of β-lactam (4-membered cyclic amide) rings is 1. The van der Waals surface area contributed by atoms with Gasteiger partial charge in [-0.15, -0.1) is 23.5 Å². The Morgan fingerprint density at radius 3 is 2.50 bits per heavy atom. The van der Waals surface area contributed by atoms with E-state index < -0.39 is 46.7 Å². The van der Waals surface area contributed by atoms with Crippen molar-refractivity contribution in [1.82, 2.24) is 15.1 Å². The van der Waals surface area contributed by atoms with E-state index in [2.05, 4.69) is 10.6 Å². The molecule has 2 unspecified atom stereocenters. The lowest BCUT2D eigenvalue weighted by molar-refractivity contribution is -0.684. The minimum atomic E-state index is -1.57. The summed E-state index contributed by atoms with van der Waals surface area (Å²) in [5.74, 6) is -4.61. The molecule has 18 heteroatoms. The maximum atomic E-state index is 13.6. The Hall–Kier alpha value is -4.28. The summed E-state index contributed by atoms with van der Waals surface area (Å²) in [7, 11) is 0. The van der Waals surface area contributed by atoms with E-state index >= 15 is 0 Å². The van der Waals surface area contributed by atoms with Crippen LogP contribution in [0.3, 0.4) is 0 Å². The normalized spacial score (nSPS) is 19.1. The van der Waals surface area contributed by atoms with Crippen LogP contribution in [0.4, 0.5) is 10.1 Å². The molecule has 0 spiro atoms. The predicted octanol–water partition coefficient (Wildman–Crippen LogP) is 3.27. The number of amides is 4. The van der Waals surface area contributed by atoms with Gasteiger partial charge in [-0.3, -0.25) is 24.1 Å². The Bertz CT molecular complexity index is 2070. The van der Waals surface area contributed by atoms with Crippen LogP contribution in [0, 0.1) is 5.82 Å². The largest absolute Gasteiger partial charge is 0.543 e. The molecule has 2 aromatic carbocycles. The van der Waals surface area contributed by atoms with Gasteiger partial charge in [0.05, 0.1) is 32.5 Å². The number of carboxylic acid groups (broad SMARTS) is 1. The van der Waals surface area contributed by atoms with Crippen molar-refractivity contribution in [2.24, 2.45) is 0 Å². The molecule has 2 fully saturated rings. The maximum absolute atomic E-state index is 13.6. The van der Waals surface area contributed by atoms with Crippen molar-refractivity contribution >= 4 is 93.6 Å². The van der Waals surface area contributed by atoms with Crippen molar-refractivity contribution in [1.29, 1.82) is 0 Å². The van der Waals surface area contributed by atoms with Crippen LogP contribution in [-0.2, 0) is 37.1 Å². The van der Waals surface area contributed by atoms with E-state index in [1.165, 1.54) is 36.0 Å². The van der Waals surface area contributed by atoms with Gasteiger partial charge in [0.25, 0.3) is 11.8 Å². The number of phenols is 1. The van der Waals surface area contributed by atoms with Crippen LogP contribution in [0.1, 0.15) is 12.0 Å². The summed E-state index contributed by atoms with van der Waals surface area (Å²) in [4.78, 5) is 67.0. The molecular formula is C34H27Cl3FN5O7S2. The van der Waals surface area contributed by atoms with Crippen LogP contribution in [0.5, 0.6) is 5.75 Å². The van der Waals surface area contributed by atoms with Gasteiger partial charge in [0.2, 0.25) is 18.4 Å². The average molecular weight is 807 g/mol. The van der Waals surface area contributed by atoms with Crippen molar-refractivity contribution in [2.75, 3.05) is 23.4 Å². The van der Waals surface area contributed by atoms with Gasteiger partial charge in [-0.25, -0.2) is 4.39 Å². The third-order valence-corrected chi connectivity index (χ3v) is 11.8. The molecule has 3 N–H and O–H groups in total. The number of fused-ring (bicyclic) bond motifs is 1. The highest BCUT2D eigenvalue weighted by Crippen LogP contribution is 2.41. The number of pyridine rings is 1. The molecule has 0 bridgehead atoms. The zero-order valence-electron chi connectivity index (χ0n) is 26.7. The Balaban J connectivity index is 1.04. The molecule has 2 atom stereocenters. The molecule has 3 aliphatic heterocycles. The van der Waals surface area contributed by atoms with Crippen LogP contribution in [-0.4, -0.2) is 74.0 Å². The van der Waals surface area contributed by atoms with Crippen molar-refractivity contribution in [3.8, 4) is 5.75 Å². The van der Waals surface area contributed by atoms with Gasteiger partial charge in [0.15, 0.2) is 24.0 Å². The van der Waals surface area contributed by atoms with Gasteiger partial charge in [-0.2, -0.15) is 4.57 Å². The first-order chi connectivity index (χ1) is 24.8. The van der Waals surface area contributed by atoms with E-state index in [1.807, 2.05) is 0 Å². The SMILES string of the molecule is O=C(C[n+]1ccc(CN2CC/C(=C\C3=C(C(=O)[O-])N4C(=O)C(NC(=O)CSc5cc(Cl)c(Cl)cc5Cl)C4SC3)C2=O)cc1)Nc1ccc(O)c(F)c1. The number of hydrogen-bond acceptors (Lipinski definition) is 9. The lowest BCUT2D eigenvalue weighted by Gasteiger charge is -2.50. The summed E-state index contributed by atoms with van der Waals surface area (Å²) in [6.07, 6.45) is 5.19. The number of halogens is 4. The van der Waals surface area contributed by atoms with E-state index in [4.69, 9.17) is 34.8 Å². The second-order valence-corrected chi connectivity index (χ2v) is 15.2. The molecule has 52 heavy (non-hydrogen) atoms. The minimum Gasteiger partial charge on any atom is -0.543 e. The van der Waals surface area contributed by atoms with E-state index in [9.17, 15) is 38.6 Å². The molecule has 0 radical (unpaired) electrons. The second kappa shape index (κ2) is 15.8. The van der Waals surface area contributed by atoms with Crippen molar-refractivity contribution < 1.29 is 43.1 Å². The fourth-order valence-corrected chi connectivity index (χ4v) is 8.60. The van der Waals surface area contributed by atoms with Gasteiger partial charge in [-0.1, -0.05) is 34.8 Å². The second-order valence-electron chi connectivity index (χ2n) is 11.8. The van der Waals surface area contributed by atoms with Crippen LogP contribution in [0.25, 0.3) is 0 Å². The zero-order chi connectivity index (χ0) is 37.3. The number of carbonyl (C=O) groups excluding carboxylic acids is 5. The first-order valence-corrected chi connectivity index (χ1v) is 18.7. The highest BCUT2D eigenvalue weighted by Gasteiger charge is 2.52. The number of allylic oxidation sites excluding steroid dienone is 1. The number of nitrogens with zero attached hydrogens (tertiary/aromatic N) is 3. The molecule has 2 saturated heterocycles. The number of aromatic nitrogens is 1. The number of benzene rings is 2. The molecule has 1 aromatic heterocycles. The Kier molecular flexibility index (Phi) is 11.4. The third-order valence-electron chi connectivity index (χ3n) is 8.29. The number of anilines is 1.